The Hall–Kier alpha value is -4.05. The highest BCUT2D eigenvalue weighted by atomic mass is 16.5. The molecule has 2 aromatic rings. The van der Waals surface area contributed by atoms with Crippen LogP contribution in [-0.4, -0.2) is 29.6 Å². The Morgan fingerprint density at radius 3 is 2.52 bits per heavy atom. The number of carbonyl (C=O) groups is 3. The van der Waals surface area contributed by atoms with Crippen molar-refractivity contribution in [3.05, 3.63) is 59.7 Å². The maximum absolute atomic E-state index is 12.8. The maximum Gasteiger partial charge on any atom is 0.335 e. The van der Waals surface area contributed by atoms with Gasteiger partial charge in [-0.15, -0.1) is 6.42 Å². The third kappa shape index (κ3) is 3.65. The van der Waals surface area contributed by atoms with E-state index < -0.39 is 17.8 Å². The van der Waals surface area contributed by atoms with Gasteiger partial charge >= 0.3 is 6.03 Å². The molecule has 0 saturated carbocycles. The summed E-state index contributed by atoms with van der Waals surface area (Å²) < 4.78 is 5.41. The van der Waals surface area contributed by atoms with Crippen LogP contribution < -0.4 is 15.0 Å². The minimum absolute atomic E-state index is 0.0185. The summed E-state index contributed by atoms with van der Waals surface area (Å²) in [6, 6.07) is 11.3. The average Bonchev–Trinajstić information content (AvgIpc) is 2.65. The standard InChI is InChI=1S/C20H14N2O5/c1-2-11-27-17-6-4-3-5-13(17)12-16-18(24)21-20(26)22(19(16)25)14-7-9-15(23)10-8-14/h1,3-10,12,23H,11H2,(H,21,24,26)/b16-12+. The van der Waals surface area contributed by atoms with Crippen LogP contribution in [0.5, 0.6) is 11.5 Å². The van der Waals surface area contributed by atoms with E-state index in [1.165, 1.54) is 30.3 Å². The summed E-state index contributed by atoms with van der Waals surface area (Å²) in [4.78, 5) is 38.0. The van der Waals surface area contributed by atoms with Gasteiger partial charge in [-0.1, -0.05) is 24.1 Å². The Kier molecular flexibility index (Phi) is 4.90. The summed E-state index contributed by atoms with van der Waals surface area (Å²) in [6.07, 6.45) is 6.53. The Labute approximate surface area is 154 Å². The van der Waals surface area contributed by atoms with Crippen molar-refractivity contribution >= 4 is 29.6 Å². The van der Waals surface area contributed by atoms with Crippen LogP contribution in [0.25, 0.3) is 6.08 Å². The number of nitrogens with one attached hydrogen (secondary N) is 1. The highest BCUT2D eigenvalue weighted by Crippen LogP contribution is 2.26. The zero-order valence-electron chi connectivity index (χ0n) is 14.0. The van der Waals surface area contributed by atoms with Crippen LogP contribution in [0.3, 0.4) is 0 Å². The van der Waals surface area contributed by atoms with Gasteiger partial charge in [-0.2, -0.15) is 0 Å². The molecule has 4 amide bonds. The SMILES string of the molecule is C#CCOc1ccccc1/C=C1\C(=O)NC(=O)N(c2ccc(O)cc2)C1=O. The van der Waals surface area contributed by atoms with Gasteiger partial charge in [0.25, 0.3) is 11.8 Å². The zero-order chi connectivity index (χ0) is 19.4. The van der Waals surface area contributed by atoms with Gasteiger partial charge < -0.3 is 9.84 Å². The molecule has 1 aliphatic heterocycles. The van der Waals surface area contributed by atoms with Crippen LogP contribution in [0.1, 0.15) is 5.56 Å². The van der Waals surface area contributed by atoms with E-state index in [0.29, 0.717) is 11.3 Å². The van der Waals surface area contributed by atoms with Crippen molar-refractivity contribution < 1.29 is 24.2 Å². The number of aromatic hydroxyl groups is 1. The van der Waals surface area contributed by atoms with Crippen LogP contribution in [0.2, 0.25) is 0 Å². The number of imide groups is 2. The summed E-state index contributed by atoms with van der Waals surface area (Å²) in [5.41, 5.74) is 0.441. The molecule has 1 fully saturated rings. The molecule has 1 heterocycles. The second-order valence-corrected chi connectivity index (χ2v) is 5.50. The molecular formula is C20H14N2O5. The van der Waals surface area contributed by atoms with Gasteiger partial charge in [0.15, 0.2) is 0 Å². The fraction of sp³-hybridized carbons (Fsp3) is 0.0500. The average molecular weight is 362 g/mol. The number of barbiturate groups is 1. The van der Waals surface area contributed by atoms with Crippen LogP contribution in [-0.2, 0) is 9.59 Å². The molecular weight excluding hydrogens is 348 g/mol. The molecule has 0 radical (unpaired) electrons. The molecule has 0 bridgehead atoms. The molecule has 1 aliphatic rings. The van der Waals surface area contributed by atoms with Crippen molar-refractivity contribution in [2.45, 2.75) is 0 Å². The lowest BCUT2D eigenvalue weighted by Gasteiger charge is -2.26. The highest BCUT2D eigenvalue weighted by Gasteiger charge is 2.36. The summed E-state index contributed by atoms with van der Waals surface area (Å²) in [6.45, 7) is 0.0262. The van der Waals surface area contributed by atoms with Crippen molar-refractivity contribution in [3.63, 3.8) is 0 Å². The number of rotatable bonds is 4. The predicted molar refractivity (Wildman–Crippen MR) is 97.9 cm³/mol. The summed E-state index contributed by atoms with van der Waals surface area (Å²) in [7, 11) is 0. The van der Waals surface area contributed by atoms with E-state index in [4.69, 9.17) is 11.2 Å². The third-order valence-corrected chi connectivity index (χ3v) is 3.74. The number of para-hydroxylation sites is 1. The number of hydrogen-bond donors (Lipinski definition) is 2. The topological polar surface area (TPSA) is 95.9 Å². The normalized spacial score (nSPS) is 15.4. The van der Waals surface area contributed by atoms with Crippen molar-refractivity contribution in [2.24, 2.45) is 0 Å². The monoisotopic (exact) mass is 362 g/mol. The van der Waals surface area contributed by atoms with E-state index in [0.717, 1.165) is 4.90 Å². The largest absolute Gasteiger partial charge is 0.508 e. The molecule has 0 aromatic heterocycles. The number of nitrogens with zero attached hydrogens (tertiary/aromatic N) is 1. The molecule has 27 heavy (non-hydrogen) atoms. The number of amides is 4. The number of hydrogen-bond acceptors (Lipinski definition) is 5. The van der Waals surface area contributed by atoms with Gasteiger partial charge in [0.1, 0.15) is 23.7 Å². The second kappa shape index (κ2) is 7.45. The van der Waals surface area contributed by atoms with Crippen molar-refractivity contribution in [1.82, 2.24) is 5.32 Å². The summed E-state index contributed by atoms with van der Waals surface area (Å²) in [5, 5.41) is 11.5. The minimum atomic E-state index is -0.871. The van der Waals surface area contributed by atoms with Gasteiger partial charge in [0, 0.05) is 5.56 Å². The summed E-state index contributed by atoms with van der Waals surface area (Å²) in [5.74, 6) is 1.12. The van der Waals surface area contributed by atoms with E-state index in [-0.39, 0.29) is 23.6 Å². The number of phenols is 1. The van der Waals surface area contributed by atoms with Crippen LogP contribution in [0.15, 0.2) is 54.1 Å². The fourth-order valence-corrected chi connectivity index (χ4v) is 2.50. The quantitative estimate of drug-likeness (QED) is 0.493. The second-order valence-electron chi connectivity index (χ2n) is 5.50. The molecule has 2 N–H and O–H groups in total. The first-order chi connectivity index (χ1) is 13.0. The lowest BCUT2D eigenvalue weighted by molar-refractivity contribution is -0.122. The van der Waals surface area contributed by atoms with Gasteiger partial charge in [0.2, 0.25) is 0 Å². The lowest BCUT2D eigenvalue weighted by atomic mass is 10.1. The molecule has 2 aromatic carbocycles. The first kappa shape index (κ1) is 17.8. The Morgan fingerprint density at radius 1 is 1.11 bits per heavy atom. The van der Waals surface area contributed by atoms with E-state index >= 15 is 0 Å². The van der Waals surface area contributed by atoms with Gasteiger partial charge in [-0.3, -0.25) is 14.9 Å². The van der Waals surface area contributed by atoms with Crippen LogP contribution in [0, 0.1) is 12.3 Å². The Bertz CT molecular complexity index is 986. The number of benzene rings is 2. The Balaban J connectivity index is 2.00. The third-order valence-electron chi connectivity index (χ3n) is 3.74. The molecule has 7 heteroatoms. The van der Waals surface area contributed by atoms with E-state index in [2.05, 4.69) is 11.2 Å². The highest BCUT2D eigenvalue weighted by molar-refractivity contribution is 6.39. The maximum atomic E-state index is 12.8. The molecule has 0 unspecified atom stereocenters. The molecule has 134 valence electrons. The van der Waals surface area contributed by atoms with Crippen molar-refractivity contribution in [3.8, 4) is 23.8 Å². The van der Waals surface area contributed by atoms with Gasteiger partial charge in [-0.05, 0) is 36.4 Å². The van der Waals surface area contributed by atoms with E-state index in [1.54, 1.807) is 24.3 Å². The predicted octanol–water partition coefficient (Wildman–Crippen LogP) is 2.07. The molecule has 0 atom stereocenters. The fourth-order valence-electron chi connectivity index (χ4n) is 2.50. The number of urea groups is 1. The zero-order valence-corrected chi connectivity index (χ0v) is 14.0. The lowest BCUT2D eigenvalue weighted by Crippen LogP contribution is -2.54. The Morgan fingerprint density at radius 2 is 1.81 bits per heavy atom. The van der Waals surface area contributed by atoms with Gasteiger partial charge in [0.05, 0.1) is 5.69 Å². The molecule has 3 rings (SSSR count). The van der Waals surface area contributed by atoms with E-state index in [9.17, 15) is 19.5 Å². The summed E-state index contributed by atoms with van der Waals surface area (Å²) >= 11 is 0. The van der Waals surface area contributed by atoms with E-state index in [1.807, 2.05) is 0 Å². The smallest absolute Gasteiger partial charge is 0.335 e. The van der Waals surface area contributed by atoms with Crippen LogP contribution in [0.4, 0.5) is 10.5 Å². The first-order valence-corrected chi connectivity index (χ1v) is 7.87. The molecule has 0 spiro atoms. The number of phenolic OH excluding ortho intramolecular Hbond substituents is 1. The molecule has 1 saturated heterocycles. The van der Waals surface area contributed by atoms with Crippen molar-refractivity contribution in [1.29, 1.82) is 0 Å². The minimum Gasteiger partial charge on any atom is -0.508 e. The molecule has 0 aliphatic carbocycles. The van der Waals surface area contributed by atoms with Gasteiger partial charge in [-0.25, -0.2) is 9.69 Å². The molecule has 7 nitrogen and oxygen atoms in total. The number of terminal acetylenes is 1. The number of ether oxygens (including phenoxy) is 1. The first-order valence-electron chi connectivity index (χ1n) is 7.87. The van der Waals surface area contributed by atoms with Crippen molar-refractivity contribution in [2.75, 3.05) is 11.5 Å². The number of carbonyl (C=O) groups excluding carboxylic acids is 3. The van der Waals surface area contributed by atoms with Crippen LogP contribution >= 0.6 is 0 Å². The number of anilines is 1.